The number of aromatic nitrogens is 1. The molecule has 1 aromatic heterocycles. The van der Waals surface area contributed by atoms with Gasteiger partial charge in [-0.15, -0.1) is 0 Å². The number of nitrogens with one attached hydrogen (secondary N) is 1. The van der Waals surface area contributed by atoms with E-state index in [2.05, 4.69) is 47.1 Å². The average Bonchev–Trinajstić information content (AvgIpc) is 2.81. The van der Waals surface area contributed by atoms with Crippen LogP contribution in [0.15, 0.2) is 21.2 Å². The molecule has 0 radical (unpaired) electrons. The Bertz CT molecular complexity index is 397. The zero-order valence-corrected chi connectivity index (χ0v) is 13.2. The number of halogens is 2. The normalized spacial score (nSPS) is 19.2. The lowest BCUT2D eigenvalue weighted by Crippen LogP contribution is -2.39. The summed E-state index contributed by atoms with van der Waals surface area (Å²) in [5, 5.41) is 12.7. The lowest BCUT2D eigenvalue weighted by molar-refractivity contribution is 0.300. The van der Waals surface area contributed by atoms with Crippen LogP contribution in [0.1, 0.15) is 12.8 Å². The maximum atomic E-state index is 9.20. The summed E-state index contributed by atoms with van der Waals surface area (Å²) in [5.74, 6) is 0.890. The molecular weight excluding hydrogens is 362 g/mol. The molecule has 18 heavy (non-hydrogen) atoms. The van der Waals surface area contributed by atoms with E-state index in [4.69, 9.17) is 0 Å². The van der Waals surface area contributed by atoms with Crippen LogP contribution in [0.25, 0.3) is 0 Å². The van der Waals surface area contributed by atoms with Crippen LogP contribution in [0, 0.1) is 0 Å². The minimum Gasteiger partial charge on any atom is -0.395 e. The Morgan fingerprint density at radius 3 is 2.94 bits per heavy atom. The number of hydrogen-bond acceptors (Lipinski definition) is 4. The van der Waals surface area contributed by atoms with Gasteiger partial charge >= 0.3 is 0 Å². The summed E-state index contributed by atoms with van der Waals surface area (Å²) in [5.41, 5.74) is 0. The number of pyridine rings is 1. The van der Waals surface area contributed by atoms with Crippen molar-refractivity contribution in [2.24, 2.45) is 0 Å². The fraction of sp³-hybridized carbons (Fsp3) is 0.583. The number of rotatable bonds is 5. The highest BCUT2D eigenvalue weighted by molar-refractivity contribution is 9.11. The van der Waals surface area contributed by atoms with E-state index >= 15 is 0 Å². The molecule has 0 saturated carbocycles. The summed E-state index contributed by atoms with van der Waals surface area (Å²) >= 11 is 6.93. The number of nitrogens with zero attached hydrogens (tertiary/aromatic N) is 2. The molecule has 0 aliphatic carbocycles. The highest BCUT2D eigenvalue weighted by Gasteiger charge is 2.20. The van der Waals surface area contributed by atoms with Gasteiger partial charge in [-0.1, -0.05) is 0 Å². The Morgan fingerprint density at radius 1 is 1.50 bits per heavy atom. The van der Waals surface area contributed by atoms with E-state index in [-0.39, 0.29) is 6.61 Å². The summed E-state index contributed by atoms with van der Waals surface area (Å²) in [6.07, 6.45) is 4.20. The third-order valence-electron chi connectivity index (χ3n) is 3.06. The maximum Gasteiger partial charge on any atom is 0.143 e. The largest absolute Gasteiger partial charge is 0.395 e. The summed E-state index contributed by atoms with van der Waals surface area (Å²) < 4.78 is 1.89. The second kappa shape index (κ2) is 6.84. The van der Waals surface area contributed by atoms with Gasteiger partial charge in [0.15, 0.2) is 0 Å². The third kappa shape index (κ3) is 3.66. The molecule has 1 saturated heterocycles. The smallest absolute Gasteiger partial charge is 0.143 e. The Kier molecular flexibility index (Phi) is 5.41. The lowest BCUT2D eigenvalue weighted by Gasteiger charge is -2.27. The molecule has 0 aromatic carbocycles. The van der Waals surface area contributed by atoms with Gasteiger partial charge in [0.05, 0.1) is 11.1 Å². The first-order valence-electron chi connectivity index (χ1n) is 6.11. The minimum absolute atomic E-state index is 0.136. The monoisotopic (exact) mass is 377 g/mol. The molecule has 2 N–H and O–H groups in total. The van der Waals surface area contributed by atoms with Crippen molar-refractivity contribution < 1.29 is 5.11 Å². The van der Waals surface area contributed by atoms with E-state index in [0.717, 1.165) is 27.9 Å². The molecule has 1 aliphatic heterocycles. The zero-order valence-electron chi connectivity index (χ0n) is 10.1. The van der Waals surface area contributed by atoms with Crippen LogP contribution in [0.2, 0.25) is 0 Å². The highest BCUT2D eigenvalue weighted by Crippen LogP contribution is 2.27. The standard InChI is InChI=1S/C12H17Br2N3O/c13-9-6-11(14)12(16-7-9)17(4-5-18)8-10-2-1-3-15-10/h6-7,10,15,18H,1-5,8H2. The van der Waals surface area contributed by atoms with Crippen molar-refractivity contribution in [3.8, 4) is 0 Å². The summed E-state index contributed by atoms with van der Waals surface area (Å²) in [7, 11) is 0. The Morgan fingerprint density at radius 2 is 2.33 bits per heavy atom. The SMILES string of the molecule is OCCN(CC1CCCN1)c1ncc(Br)cc1Br. The van der Waals surface area contributed by atoms with E-state index in [9.17, 15) is 5.11 Å². The van der Waals surface area contributed by atoms with Crippen LogP contribution in [0.3, 0.4) is 0 Å². The summed E-state index contributed by atoms with van der Waals surface area (Å²) in [4.78, 5) is 6.56. The van der Waals surface area contributed by atoms with Gasteiger partial charge in [-0.2, -0.15) is 0 Å². The fourth-order valence-corrected chi connectivity index (χ4v) is 3.46. The van der Waals surface area contributed by atoms with Gasteiger partial charge in [-0.25, -0.2) is 4.98 Å². The van der Waals surface area contributed by atoms with Crippen molar-refractivity contribution in [1.82, 2.24) is 10.3 Å². The molecule has 0 amide bonds. The quantitative estimate of drug-likeness (QED) is 0.824. The number of aliphatic hydroxyl groups excluding tert-OH is 1. The molecule has 2 rings (SSSR count). The number of hydrogen-bond donors (Lipinski definition) is 2. The van der Waals surface area contributed by atoms with Crippen molar-refractivity contribution in [2.75, 3.05) is 31.1 Å². The first-order valence-corrected chi connectivity index (χ1v) is 7.69. The van der Waals surface area contributed by atoms with Gasteiger partial charge in [0.25, 0.3) is 0 Å². The van der Waals surface area contributed by atoms with Crippen molar-refractivity contribution in [1.29, 1.82) is 0 Å². The first kappa shape index (κ1) is 14.2. The Balaban J connectivity index is 2.12. The molecule has 2 heterocycles. The van der Waals surface area contributed by atoms with Crippen LogP contribution in [0.4, 0.5) is 5.82 Å². The molecule has 1 atom stereocenters. The number of aliphatic hydroxyl groups is 1. The van der Waals surface area contributed by atoms with Crippen LogP contribution in [0.5, 0.6) is 0 Å². The maximum absolute atomic E-state index is 9.20. The second-order valence-electron chi connectivity index (χ2n) is 4.42. The molecule has 0 spiro atoms. The van der Waals surface area contributed by atoms with Crippen LogP contribution < -0.4 is 10.2 Å². The predicted octanol–water partition coefficient (Wildman–Crippen LogP) is 2.16. The molecular formula is C12H17Br2N3O. The number of anilines is 1. The van der Waals surface area contributed by atoms with Gasteiger partial charge in [0.2, 0.25) is 0 Å². The van der Waals surface area contributed by atoms with Gasteiger partial charge in [0.1, 0.15) is 5.82 Å². The topological polar surface area (TPSA) is 48.4 Å². The van der Waals surface area contributed by atoms with Gasteiger partial charge < -0.3 is 15.3 Å². The van der Waals surface area contributed by atoms with E-state index in [1.807, 2.05) is 6.07 Å². The summed E-state index contributed by atoms with van der Waals surface area (Å²) in [6, 6.07) is 2.48. The minimum atomic E-state index is 0.136. The molecule has 6 heteroatoms. The summed E-state index contributed by atoms with van der Waals surface area (Å²) in [6.45, 7) is 2.71. The van der Waals surface area contributed by atoms with Crippen LogP contribution >= 0.6 is 31.9 Å². The van der Waals surface area contributed by atoms with Crippen molar-refractivity contribution >= 4 is 37.7 Å². The van der Waals surface area contributed by atoms with Crippen LogP contribution in [-0.4, -0.2) is 42.4 Å². The van der Waals surface area contributed by atoms with Gasteiger partial charge in [0, 0.05) is 29.8 Å². The first-order chi connectivity index (χ1) is 8.70. The molecule has 1 unspecified atom stereocenters. The van der Waals surface area contributed by atoms with E-state index in [1.165, 1.54) is 12.8 Å². The van der Waals surface area contributed by atoms with Crippen molar-refractivity contribution in [3.05, 3.63) is 21.2 Å². The van der Waals surface area contributed by atoms with E-state index < -0.39 is 0 Å². The zero-order chi connectivity index (χ0) is 13.0. The van der Waals surface area contributed by atoms with Gasteiger partial charge in [-0.05, 0) is 57.3 Å². The molecule has 1 aliphatic rings. The Hall–Kier alpha value is -0.170. The predicted molar refractivity (Wildman–Crippen MR) is 80.0 cm³/mol. The second-order valence-corrected chi connectivity index (χ2v) is 6.19. The average molecular weight is 379 g/mol. The highest BCUT2D eigenvalue weighted by atomic mass is 79.9. The van der Waals surface area contributed by atoms with Crippen molar-refractivity contribution in [3.63, 3.8) is 0 Å². The molecule has 1 fully saturated rings. The van der Waals surface area contributed by atoms with Gasteiger partial charge in [-0.3, -0.25) is 0 Å². The Labute approximate surface area is 124 Å². The molecule has 1 aromatic rings. The van der Waals surface area contributed by atoms with Crippen molar-refractivity contribution in [2.45, 2.75) is 18.9 Å². The third-order valence-corrected chi connectivity index (χ3v) is 4.08. The fourth-order valence-electron chi connectivity index (χ4n) is 2.22. The molecule has 4 nitrogen and oxygen atoms in total. The molecule has 100 valence electrons. The molecule has 0 bridgehead atoms. The van der Waals surface area contributed by atoms with E-state index in [1.54, 1.807) is 6.20 Å². The lowest BCUT2D eigenvalue weighted by atomic mass is 10.2. The van der Waals surface area contributed by atoms with E-state index in [0.29, 0.717) is 12.6 Å². The van der Waals surface area contributed by atoms with Crippen LogP contribution in [-0.2, 0) is 0 Å².